The van der Waals surface area contributed by atoms with E-state index in [1.165, 1.54) is 19.3 Å². The SMILES string of the molecule is O=C(CN1CCCCC1)N1CCc2cc(S(=O)(=O)N3CCCCC3)ccc21. The molecule has 3 aliphatic rings. The second-order valence-electron chi connectivity index (χ2n) is 7.89. The first-order valence-corrected chi connectivity index (χ1v) is 11.7. The van der Waals surface area contributed by atoms with Crippen LogP contribution in [0.1, 0.15) is 44.1 Å². The molecule has 3 aliphatic heterocycles. The topological polar surface area (TPSA) is 60.9 Å². The van der Waals surface area contributed by atoms with Crippen LogP contribution in [0.25, 0.3) is 0 Å². The van der Waals surface area contributed by atoms with Crippen molar-refractivity contribution in [2.45, 2.75) is 49.8 Å². The number of amides is 1. The van der Waals surface area contributed by atoms with E-state index in [0.717, 1.165) is 50.0 Å². The van der Waals surface area contributed by atoms with Crippen molar-refractivity contribution in [1.29, 1.82) is 0 Å². The number of likely N-dealkylation sites (tertiary alicyclic amines) is 1. The number of carbonyl (C=O) groups is 1. The molecule has 2 fully saturated rings. The van der Waals surface area contributed by atoms with E-state index in [-0.39, 0.29) is 5.91 Å². The first-order chi connectivity index (χ1) is 13.1. The molecule has 1 aromatic rings. The summed E-state index contributed by atoms with van der Waals surface area (Å²) >= 11 is 0. The highest BCUT2D eigenvalue weighted by molar-refractivity contribution is 7.89. The number of hydrogen-bond acceptors (Lipinski definition) is 4. The number of fused-ring (bicyclic) bond motifs is 1. The fraction of sp³-hybridized carbons (Fsp3) is 0.650. The van der Waals surface area contributed by atoms with Crippen LogP contribution in [0.5, 0.6) is 0 Å². The lowest BCUT2D eigenvalue weighted by Gasteiger charge is -2.28. The third kappa shape index (κ3) is 3.91. The monoisotopic (exact) mass is 391 g/mol. The molecule has 3 heterocycles. The maximum absolute atomic E-state index is 12.9. The largest absolute Gasteiger partial charge is 0.311 e. The minimum atomic E-state index is -3.42. The van der Waals surface area contributed by atoms with Gasteiger partial charge in [0.25, 0.3) is 0 Å². The van der Waals surface area contributed by atoms with E-state index in [1.54, 1.807) is 16.4 Å². The standard InChI is InChI=1S/C20H29N3O3S/c24-20(16-21-10-3-1-4-11-21)23-14-9-17-15-18(7-8-19(17)23)27(25,26)22-12-5-2-6-13-22/h7-8,15H,1-6,9-14,16H2. The van der Waals surface area contributed by atoms with E-state index in [9.17, 15) is 13.2 Å². The number of carbonyl (C=O) groups excluding carboxylic acids is 1. The van der Waals surface area contributed by atoms with Gasteiger partial charge in [-0.25, -0.2) is 8.42 Å². The third-order valence-corrected chi connectivity index (χ3v) is 7.90. The highest BCUT2D eigenvalue weighted by atomic mass is 32.2. The number of rotatable bonds is 4. The van der Waals surface area contributed by atoms with Crippen LogP contribution >= 0.6 is 0 Å². The predicted octanol–water partition coefficient (Wildman–Crippen LogP) is 2.24. The Balaban J connectivity index is 1.49. The van der Waals surface area contributed by atoms with Crippen molar-refractivity contribution in [3.8, 4) is 0 Å². The normalized spacial score (nSPS) is 22.0. The Morgan fingerprint density at radius 3 is 2.26 bits per heavy atom. The van der Waals surface area contributed by atoms with Crippen molar-refractivity contribution in [1.82, 2.24) is 9.21 Å². The van der Waals surface area contributed by atoms with Crippen molar-refractivity contribution in [2.24, 2.45) is 0 Å². The number of piperidine rings is 2. The number of benzene rings is 1. The molecule has 1 amide bonds. The molecule has 0 spiro atoms. The van der Waals surface area contributed by atoms with E-state index >= 15 is 0 Å². The van der Waals surface area contributed by atoms with Gasteiger partial charge in [0, 0.05) is 25.3 Å². The molecule has 0 unspecified atom stereocenters. The summed E-state index contributed by atoms with van der Waals surface area (Å²) in [5.41, 5.74) is 1.86. The Morgan fingerprint density at radius 2 is 1.56 bits per heavy atom. The van der Waals surface area contributed by atoms with E-state index < -0.39 is 10.0 Å². The molecule has 0 saturated carbocycles. The van der Waals surface area contributed by atoms with Crippen LogP contribution in [0.3, 0.4) is 0 Å². The van der Waals surface area contributed by atoms with Gasteiger partial charge in [0.15, 0.2) is 0 Å². The Morgan fingerprint density at radius 1 is 0.889 bits per heavy atom. The van der Waals surface area contributed by atoms with Gasteiger partial charge in [0.1, 0.15) is 0 Å². The summed E-state index contributed by atoms with van der Waals surface area (Å²) in [5.74, 6) is 0.127. The van der Waals surface area contributed by atoms with Crippen molar-refractivity contribution in [3.63, 3.8) is 0 Å². The zero-order valence-electron chi connectivity index (χ0n) is 15.9. The van der Waals surface area contributed by atoms with Crippen LogP contribution in [0.15, 0.2) is 23.1 Å². The number of hydrogen-bond donors (Lipinski definition) is 0. The number of anilines is 1. The smallest absolute Gasteiger partial charge is 0.243 e. The van der Waals surface area contributed by atoms with E-state index in [1.807, 2.05) is 11.0 Å². The van der Waals surface area contributed by atoms with Gasteiger partial charge < -0.3 is 4.90 Å². The van der Waals surface area contributed by atoms with Crippen LogP contribution < -0.4 is 4.90 Å². The van der Waals surface area contributed by atoms with E-state index in [0.29, 0.717) is 31.1 Å². The Kier molecular flexibility index (Phi) is 5.53. The first-order valence-electron chi connectivity index (χ1n) is 10.2. The molecule has 4 rings (SSSR count). The highest BCUT2D eigenvalue weighted by Crippen LogP contribution is 2.32. The number of sulfonamides is 1. The van der Waals surface area contributed by atoms with Gasteiger partial charge in [-0.05, 0) is 69.0 Å². The van der Waals surface area contributed by atoms with Crippen LogP contribution in [0, 0.1) is 0 Å². The second-order valence-corrected chi connectivity index (χ2v) is 9.83. The molecule has 0 N–H and O–H groups in total. The molecule has 0 aromatic heterocycles. The fourth-order valence-electron chi connectivity index (χ4n) is 4.45. The predicted molar refractivity (Wildman–Crippen MR) is 105 cm³/mol. The van der Waals surface area contributed by atoms with Crippen LogP contribution in [0.2, 0.25) is 0 Å². The van der Waals surface area contributed by atoms with Crippen LogP contribution in [0.4, 0.5) is 5.69 Å². The lowest BCUT2D eigenvalue weighted by atomic mass is 10.1. The first kappa shape index (κ1) is 18.9. The summed E-state index contributed by atoms with van der Waals surface area (Å²) in [4.78, 5) is 17.2. The molecule has 0 radical (unpaired) electrons. The lowest BCUT2D eigenvalue weighted by molar-refractivity contribution is -0.119. The lowest BCUT2D eigenvalue weighted by Crippen LogP contribution is -2.41. The molecule has 148 valence electrons. The average molecular weight is 392 g/mol. The van der Waals surface area contributed by atoms with Crippen LogP contribution in [-0.4, -0.2) is 62.8 Å². The van der Waals surface area contributed by atoms with Crippen LogP contribution in [-0.2, 0) is 21.2 Å². The Labute approximate surface area is 162 Å². The average Bonchev–Trinajstić information content (AvgIpc) is 3.13. The van der Waals surface area contributed by atoms with E-state index in [4.69, 9.17) is 0 Å². The molecule has 0 bridgehead atoms. The van der Waals surface area contributed by atoms with Gasteiger partial charge in [-0.15, -0.1) is 0 Å². The summed E-state index contributed by atoms with van der Waals surface area (Å²) in [6.45, 7) is 4.33. The molecular weight excluding hydrogens is 362 g/mol. The Bertz CT molecular complexity index is 797. The molecule has 0 aliphatic carbocycles. The van der Waals surface area contributed by atoms with Crippen molar-refractivity contribution in [3.05, 3.63) is 23.8 Å². The van der Waals surface area contributed by atoms with Crippen molar-refractivity contribution in [2.75, 3.05) is 44.2 Å². The molecule has 0 atom stereocenters. The Hall–Kier alpha value is -1.44. The maximum Gasteiger partial charge on any atom is 0.243 e. The minimum absolute atomic E-state index is 0.127. The van der Waals surface area contributed by atoms with Crippen molar-refractivity contribution >= 4 is 21.6 Å². The minimum Gasteiger partial charge on any atom is -0.311 e. The van der Waals surface area contributed by atoms with Gasteiger partial charge in [0.2, 0.25) is 15.9 Å². The summed E-state index contributed by atoms with van der Waals surface area (Å²) < 4.78 is 27.4. The molecule has 1 aromatic carbocycles. The zero-order valence-corrected chi connectivity index (χ0v) is 16.7. The molecule has 27 heavy (non-hydrogen) atoms. The molecule has 6 nitrogen and oxygen atoms in total. The quantitative estimate of drug-likeness (QED) is 0.790. The van der Waals surface area contributed by atoms with Gasteiger partial charge in [-0.3, -0.25) is 9.69 Å². The molecule has 2 saturated heterocycles. The van der Waals surface area contributed by atoms with Gasteiger partial charge in [-0.1, -0.05) is 12.8 Å². The molecular formula is C20H29N3O3S. The number of nitrogens with zero attached hydrogens (tertiary/aromatic N) is 3. The maximum atomic E-state index is 12.9. The highest BCUT2D eigenvalue weighted by Gasteiger charge is 2.30. The summed E-state index contributed by atoms with van der Waals surface area (Å²) in [7, 11) is -3.42. The van der Waals surface area contributed by atoms with Gasteiger partial charge >= 0.3 is 0 Å². The fourth-order valence-corrected chi connectivity index (χ4v) is 6.01. The summed E-state index contributed by atoms with van der Waals surface area (Å²) in [6.07, 6.45) is 7.29. The summed E-state index contributed by atoms with van der Waals surface area (Å²) in [5, 5.41) is 0. The van der Waals surface area contributed by atoms with Crippen molar-refractivity contribution < 1.29 is 13.2 Å². The van der Waals surface area contributed by atoms with E-state index in [2.05, 4.69) is 4.90 Å². The zero-order chi connectivity index (χ0) is 18.9. The second kappa shape index (κ2) is 7.89. The molecule has 7 heteroatoms. The van der Waals surface area contributed by atoms with Gasteiger partial charge in [0.05, 0.1) is 11.4 Å². The van der Waals surface area contributed by atoms with Gasteiger partial charge in [-0.2, -0.15) is 4.31 Å². The summed E-state index contributed by atoms with van der Waals surface area (Å²) in [6, 6.07) is 5.29. The third-order valence-electron chi connectivity index (χ3n) is 6.01.